The highest BCUT2D eigenvalue weighted by Crippen LogP contribution is 2.30. The van der Waals surface area contributed by atoms with E-state index in [9.17, 15) is 53.1 Å². The van der Waals surface area contributed by atoms with Crippen LogP contribution in [0.2, 0.25) is 0 Å². The van der Waals surface area contributed by atoms with E-state index >= 15 is 33.6 Å². The van der Waals surface area contributed by atoms with Crippen LogP contribution in [-0.2, 0) is 107 Å². The molecule has 44 nitrogen and oxygen atoms in total. The minimum absolute atomic E-state index is 0.000612. The van der Waals surface area contributed by atoms with Crippen LogP contribution in [0.1, 0.15) is 134 Å². The third-order valence-electron chi connectivity index (χ3n) is 23.7. The molecule has 2 aliphatic heterocycles. The van der Waals surface area contributed by atoms with Crippen molar-refractivity contribution in [1.82, 2.24) is 103 Å². The predicted octanol–water partition coefficient (Wildman–Crippen LogP) is -2.12. The number of amides is 17. The number of unbranched alkanes of at least 4 members (excludes halogenated alkanes) is 2. The van der Waals surface area contributed by atoms with Crippen molar-refractivity contribution in [2.75, 3.05) is 86.7 Å². The van der Waals surface area contributed by atoms with Gasteiger partial charge in [-0.25, -0.2) is 4.98 Å². The first-order valence-corrected chi connectivity index (χ1v) is 46.4. The van der Waals surface area contributed by atoms with Crippen LogP contribution in [0.3, 0.4) is 0 Å². The molecule has 0 radical (unpaired) electrons. The lowest BCUT2D eigenvalue weighted by atomic mass is 10.00. The largest absolute Gasteiger partial charge is 0.493 e. The number of likely N-dealkylation sites (N-methyl/N-ethyl adjacent to an activating group) is 4. The number of nitrogens with two attached hydrogens (primary N) is 3. The molecule has 3 aromatic heterocycles. The number of carbonyl (C=O) groups excluding carboxylic acids is 17. The van der Waals surface area contributed by atoms with Crippen molar-refractivity contribution in [2.24, 2.45) is 23.1 Å². The van der Waals surface area contributed by atoms with E-state index in [0.717, 1.165) is 36.3 Å². The quantitative estimate of drug-likeness (QED) is 0.0142. The maximum Gasteiger partial charge on any atom is 0.246 e. The Hall–Kier alpha value is -13.9. The van der Waals surface area contributed by atoms with Crippen LogP contribution in [0.25, 0.3) is 21.8 Å². The number of para-hydroxylation sites is 2. The van der Waals surface area contributed by atoms with Gasteiger partial charge in [0.2, 0.25) is 100 Å². The molecular weight excluding hydrogens is 1780 g/mol. The number of nitrogens with zero attached hydrogens (tertiary/aromatic N) is 6. The van der Waals surface area contributed by atoms with Crippen molar-refractivity contribution in [2.45, 2.75) is 216 Å². The molecule has 0 unspecified atom stereocenters. The molecule has 136 heavy (non-hydrogen) atoms. The molecule has 0 saturated carbocycles. The maximum absolute atomic E-state index is 15.7. The average Bonchev–Trinajstić information content (AvgIpc) is 1.44. The van der Waals surface area contributed by atoms with Gasteiger partial charge in [0.15, 0.2) is 17.5 Å². The SMILES string of the molecule is CCCC[C@H]1C(=O)N(C)[C@@H](CCCC)C(=O)N[C@@H](CCCNC(=N)N)C(=O)N[C@H](C(=O)NCC(N)=O)CSCC(=O)N[C@@H](Cc2ccc(OC)c(OC)c2)C(=O)N(C)[C@@H](C)C(=O)N[C@@H](CC(N)=O)C(=O)N2CCC[C@H]2C(=O)N[C@@H](Cc2cnc[nH]2)C(=O)N[C@@H](CC(C)C)C(=O)N(C)CC(=O)N[C@@H](Cc2c[nH]c3ccccc23)C(=O)N[C@@H](CO)C(=O)N[C@@H](Cc2c[nH]c3ccccc23)C(=O)N1C. The third-order valence-corrected chi connectivity index (χ3v) is 24.8. The second-order valence-electron chi connectivity index (χ2n) is 34.4. The summed E-state index contributed by atoms with van der Waals surface area (Å²) in [5, 5.41) is 49.4. The standard InChI is InChI=1S/C91H130N24O20S/c1-12-14-27-69-84(127)104-60(26-20-32-97-91(94)95)80(123)110-68(79(122)100-44-75(93)118)47-136-48-77(120)103-64(35-52-30-31-72(134-10)73(36-52)135-11)87(130)112(7)51(5)78(121)106-66(40-74(92)117)89(132)115-33-21-29-70(115)85(128)105-62(39-55-43-96-49-101-55)82(125)107-63(34-50(3)4)86(129)111(6)45-76(119)102-61(37-53-41-98-58-24-18-16-22-56(53)58)81(124)109-67(46-116)83(126)108-65(38-54-42-99-59-25-19-17-23-57(54)59)88(131)114(9)71(28-15-13-2)90(133)113(69)8/h16-19,22-25,30-31,36,41-43,49-51,60-71,98-99,116H,12-15,20-21,26-29,32-35,37-40,44-48H2,1-11H3,(H2,92,117)(H2,93,118)(H,96,101)(H,100,122)(H,102,119)(H,103,120)(H,104,127)(H,105,128)(H,106,121)(H,107,125)(H,108,126)(H,109,124)(H,110,123)(H4,94,95,97)/t51-,60-,61-,62-,63-,64-,65-,66-,67-,68-,69-,70-,71-/m0/s1. The van der Waals surface area contributed by atoms with E-state index in [2.05, 4.69) is 78.4 Å². The number of hydrogen-bond acceptors (Lipinski definition) is 23. The van der Waals surface area contributed by atoms with Crippen molar-refractivity contribution >= 4 is 140 Å². The highest BCUT2D eigenvalue weighted by molar-refractivity contribution is 8.00. The number of benzene rings is 3. The number of ether oxygens (including phenoxy) is 2. The summed E-state index contributed by atoms with van der Waals surface area (Å²) in [6.07, 6.45) is 5.70. The van der Waals surface area contributed by atoms with Crippen LogP contribution >= 0.6 is 11.8 Å². The number of primary amides is 2. The van der Waals surface area contributed by atoms with Crippen molar-refractivity contribution in [1.29, 1.82) is 5.41 Å². The summed E-state index contributed by atoms with van der Waals surface area (Å²) in [6.45, 7) is 5.83. The second kappa shape index (κ2) is 52.1. The number of hydrogen-bond donors (Lipinski definition) is 19. The summed E-state index contributed by atoms with van der Waals surface area (Å²) >= 11 is 0.770. The molecular formula is C91H130N24O20S. The number of rotatable bonds is 28. The molecule has 2 saturated heterocycles. The Labute approximate surface area is 791 Å². The van der Waals surface area contributed by atoms with Gasteiger partial charge in [0, 0.05) is 119 Å². The maximum atomic E-state index is 15.7. The van der Waals surface area contributed by atoms with Crippen molar-refractivity contribution in [3.63, 3.8) is 0 Å². The molecule has 2 aliphatic rings. The number of aromatic nitrogens is 4. The summed E-state index contributed by atoms with van der Waals surface area (Å²) in [4.78, 5) is 268. The number of imidazole rings is 1. The van der Waals surface area contributed by atoms with Gasteiger partial charge in [-0.1, -0.05) is 95.8 Å². The lowest BCUT2D eigenvalue weighted by molar-refractivity contribution is -0.149. The van der Waals surface area contributed by atoms with Gasteiger partial charge in [-0.2, -0.15) is 0 Å². The fourth-order valence-electron chi connectivity index (χ4n) is 16.2. The molecule has 740 valence electrons. The summed E-state index contributed by atoms with van der Waals surface area (Å²) < 4.78 is 11.0. The highest BCUT2D eigenvalue weighted by atomic mass is 32.2. The Morgan fingerprint density at radius 1 is 0.559 bits per heavy atom. The number of methoxy groups -OCH3 is 2. The van der Waals surface area contributed by atoms with E-state index in [-0.39, 0.29) is 95.4 Å². The van der Waals surface area contributed by atoms with Crippen LogP contribution in [0.4, 0.5) is 0 Å². The number of nitrogens with one attached hydrogen (secondary N) is 15. The zero-order valence-electron chi connectivity index (χ0n) is 78.5. The van der Waals surface area contributed by atoms with Crippen LogP contribution in [0.15, 0.2) is 91.6 Å². The monoisotopic (exact) mass is 1910 g/mol. The van der Waals surface area contributed by atoms with Gasteiger partial charge in [-0.15, -0.1) is 11.8 Å². The molecule has 0 spiro atoms. The topological polar surface area (TPSA) is 640 Å². The third kappa shape index (κ3) is 30.6. The van der Waals surface area contributed by atoms with Crippen molar-refractivity contribution in [3.05, 3.63) is 114 Å². The van der Waals surface area contributed by atoms with Crippen LogP contribution in [0.5, 0.6) is 11.5 Å². The van der Waals surface area contributed by atoms with E-state index in [1.165, 1.54) is 67.9 Å². The lowest BCUT2D eigenvalue weighted by Crippen LogP contribution is -2.61. The normalized spacial score (nSPS) is 23.1. The van der Waals surface area contributed by atoms with Crippen LogP contribution < -0.4 is 85.2 Å². The number of H-pyrrole nitrogens is 3. The zero-order valence-corrected chi connectivity index (χ0v) is 79.4. The zero-order chi connectivity index (χ0) is 99.7. The van der Waals surface area contributed by atoms with Gasteiger partial charge in [-0.05, 0) is 98.7 Å². The summed E-state index contributed by atoms with van der Waals surface area (Å²) in [5.74, 6) is -17.0. The molecule has 0 aliphatic carbocycles. The first kappa shape index (κ1) is 107. The minimum Gasteiger partial charge on any atom is -0.493 e. The number of aromatic amines is 3. The Morgan fingerprint density at radius 3 is 1.71 bits per heavy atom. The van der Waals surface area contributed by atoms with Gasteiger partial charge in [0.05, 0.1) is 52.4 Å². The molecule has 0 bridgehead atoms. The van der Waals surface area contributed by atoms with Gasteiger partial charge in [-0.3, -0.25) is 86.9 Å². The highest BCUT2D eigenvalue weighted by Gasteiger charge is 2.44. The molecule has 45 heteroatoms. The average molecular weight is 1910 g/mol. The van der Waals surface area contributed by atoms with Crippen molar-refractivity contribution < 1.29 is 96.1 Å². The number of guanidine groups is 1. The molecule has 8 rings (SSSR count). The second-order valence-corrected chi connectivity index (χ2v) is 35.4. The smallest absolute Gasteiger partial charge is 0.246 e. The lowest BCUT2D eigenvalue weighted by Gasteiger charge is -2.36. The Morgan fingerprint density at radius 2 is 1.11 bits per heavy atom. The van der Waals surface area contributed by atoms with E-state index in [1.54, 1.807) is 86.9 Å². The number of fused-ring (bicyclic) bond motifs is 3. The number of aliphatic hydroxyl groups excluding tert-OH is 1. The molecule has 13 atom stereocenters. The molecule has 2 fully saturated rings. The van der Waals surface area contributed by atoms with Crippen molar-refractivity contribution in [3.8, 4) is 11.5 Å². The van der Waals surface area contributed by atoms with Gasteiger partial charge in [0.1, 0.15) is 78.5 Å². The van der Waals surface area contributed by atoms with E-state index < -0.39 is 223 Å². The minimum atomic E-state index is -1.86. The Balaban J connectivity index is 1.20. The fraction of sp³-hybridized carbons (Fsp3) is 0.527. The summed E-state index contributed by atoms with van der Waals surface area (Å²) in [7, 11) is 7.98. The van der Waals surface area contributed by atoms with E-state index in [1.807, 2.05) is 13.8 Å². The van der Waals surface area contributed by atoms with E-state index in [4.69, 9.17) is 32.1 Å². The summed E-state index contributed by atoms with van der Waals surface area (Å²) in [6, 6.07) is -1.22. The van der Waals surface area contributed by atoms with Gasteiger partial charge < -0.3 is 130 Å². The van der Waals surface area contributed by atoms with E-state index in [0.29, 0.717) is 75.6 Å². The predicted molar refractivity (Wildman–Crippen MR) is 503 cm³/mol. The number of carbonyl (C=O) groups is 17. The number of aliphatic hydroxyl groups is 1. The van der Waals surface area contributed by atoms with Crippen LogP contribution in [-0.4, -0.2) is 321 Å². The summed E-state index contributed by atoms with van der Waals surface area (Å²) in [5.41, 5.74) is 19.9. The molecule has 6 aromatic rings. The molecule has 5 heterocycles. The Kier molecular flexibility index (Phi) is 41.2. The molecule has 22 N–H and O–H groups in total. The first-order chi connectivity index (χ1) is 64.8. The first-order valence-electron chi connectivity index (χ1n) is 45.3. The van der Waals surface area contributed by atoms with Crippen LogP contribution in [0, 0.1) is 11.3 Å². The van der Waals surface area contributed by atoms with Gasteiger partial charge in [0.25, 0.3) is 0 Å². The van der Waals surface area contributed by atoms with Gasteiger partial charge >= 0.3 is 0 Å². The fourth-order valence-corrected chi connectivity index (χ4v) is 17.0. The number of thioether (sulfide) groups is 1. The molecule has 17 amide bonds. The molecule has 3 aromatic carbocycles. The Bertz CT molecular complexity index is 5220.